The third kappa shape index (κ3) is 4.73. The van der Waals surface area contributed by atoms with Crippen molar-refractivity contribution in [3.63, 3.8) is 0 Å². The lowest BCUT2D eigenvalue weighted by atomic mass is 9.86. The van der Waals surface area contributed by atoms with Gasteiger partial charge in [0, 0.05) is 17.8 Å². The highest BCUT2D eigenvalue weighted by atomic mass is 16.5. The maximum Gasteiger partial charge on any atom is 0.407 e. The van der Waals surface area contributed by atoms with E-state index in [0.29, 0.717) is 0 Å². The zero-order valence-corrected chi connectivity index (χ0v) is 13.6. The molecule has 2 aromatic carbocycles. The van der Waals surface area contributed by atoms with E-state index in [1.807, 2.05) is 30.3 Å². The topological polar surface area (TPSA) is 87.7 Å². The van der Waals surface area contributed by atoms with E-state index in [1.54, 1.807) is 24.3 Å². The number of carboxylic acids is 1. The van der Waals surface area contributed by atoms with Gasteiger partial charge in [-0.2, -0.15) is 0 Å². The van der Waals surface area contributed by atoms with Gasteiger partial charge < -0.3 is 20.5 Å². The Hall–Kier alpha value is -3.02. The second kappa shape index (κ2) is 7.70. The van der Waals surface area contributed by atoms with Crippen molar-refractivity contribution >= 4 is 17.7 Å². The third-order valence-corrected chi connectivity index (χ3v) is 4.18. The van der Waals surface area contributed by atoms with Crippen LogP contribution in [-0.2, 0) is 11.3 Å². The number of hydrogen-bond donors (Lipinski definition) is 3. The number of amides is 1. The van der Waals surface area contributed by atoms with Gasteiger partial charge in [0.15, 0.2) is 0 Å². The van der Waals surface area contributed by atoms with E-state index in [-0.39, 0.29) is 24.3 Å². The number of benzene rings is 2. The molecule has 0 unspecified atom stereocenters. The van der Waals surface area contributed by atoms with Gasteiger partial charge in [-0.15, -0.1) is 0 Å². The smallest absolute Gasteiger partial charge is 0.407 e. The van der Waals surface area contributed by atoms with E-state index in [2.05, 4.69) is 10.6 Å². The summed E-state index contributed by atoms with van der Waals surface area (Å²) in [4.78, 5) is 22.6. The van der Waals surface area contributed by atoms with Gasteiger partial charge in [0.1, 0.15) is 6.61 Å². The molecule has 0 radical (unpaired) electrons. The molecule has 0 heterocycles. The Balaban J connectivity index is 1.36. The highest BCUT2D eigenvalue weighted by Crippen LogP contribution is 2.24. The molecule has 2 aromatic rings. The number of carboxylic acid groups (broad SMARTS) is 1. The molecule has 0 bridgehead atoms. The van der Waals surface area contributed by atoms with Crippen LogP contribution < -0.4 is 10.6 Å². The molecule has 6 nitrogen and oxygen atoms in total. The number of anilines is 1. The predicted octanol–water partition coefficient (Wildman–Crippen LogP) is 3.25. The van der Waals surface area contributed by atoms with Crippen LogP contribution in [0.3, 0.4) is 0 Å². The Kier molecular flexibility index (Phi) is 5.18. The number of carbonyl (C=O) groups excluding carboxylic acids is 1. The van der Waals surface area contributed by atoms with Gasteiger partial charge in [-0.3, -0.25) is 0 Å². The number of alkyl carbamates (subject to hydrolysis) is 1. The van der Waals surface area contributed by atoms with Crippen LogP contribution in [-0.4, -0.2) is 29.3 Å². The fourth-order valence-electron chi connectivity index (χ4n) is 2.73. The van der Waals surface area contributed by atoms with Crippen molar-refractivity contribution in [1.82, 2.24) is 5.32 Å². The molecule has 1 fully saturated rings. The monoisotopic (exact) mass is 340 g/mol. The number of rotatable bonds is 6. The number of hydrogen-bond acceptors (Lipinski definition) is 4. The van der Waals surface area contributed by atoms with Gasteiger partial charge >= 0.3 is 12.1 Å². The van der Waals surface area contributed by atoms with Crippen molar-refractivity contribution in [2.24, 2.45) is 0 Å². The summed E-state index contributed by atoms with van der Waals surface area (Å²) in [6, 6.07) is 16.5. The second-order valence-corrected chi connectivity index (χ2v) is 6.10. The fourth-order valence-corrected chi connectivity index (χ4v) is 2.73. The number of carbonyl (C=O) groups is 2. The largest absolute Gasteiger partial charge is 0.478 e. The molecule has 1 amide bonds. The average Bonchev–Trinajstić information content (AvgIpc) is 2.59. The molecule has 0 aliphatic heterocycles. The maximum absolute atomic E-state index is 11.8. The second-order valence-electron chi connectivity index (χ2n) is 6.10. The predicted molar refractivity (Wildman–Crippen MR) is 93.6 cm³/mol. The number of nitrogens with one attached hydrogen (secondary N) is 2. The van der Waals surface area contributed by atoms with Gasteiger partial charge in [-0.25, -0.2) is 9.59 Å². The van der Waals surface area contributed by atoms with Crippen LogP contribution in [0.2, 0.25) is 0 Å². The summed E-state index contributed by atoms with van der Waals surface area (Å²) < 4.78 is 5.20. The molecule has 0 spiro atoms. The molecule has 25 heavy (non-hydrogen) atoms. The van der Waals surface area contributed by atoms with Crippen molar-refractivity contribution in [1.29, 1.82) is 0 Å². The first-order valence-corrected chi connectivity index (χ1v) is 8.17. The standard InChI is InChI=1S/C19H20N2O4/c22-18(23)14-6-8-15(9-7-14)20-16-10-17(11-16)21-19(24)25-12-13-4-2-1-3-5-13/h1-9,16-17,20H,10-12H2,(H,21,24)(H,22,23). The van der Waals surface area contributed by atoms with Crippen molar-refractivity contribution in [3.05, 3.63) is 65.7 Å². The SMILES string of the molecule is O=C(NC1CC(Nc2ccc(C(=O)O)cc2)C1)OCc1ccccc1. The van der Waals surface area contributed by atoms with Gasteiger partial charge in [0.2, 0.25) is 0 Å². The van der Waals surface area contributed by atoms with Crippen LogP contribution in [0.4, 0.5) is 10.5 Å². The van der Waals surface area contributed by atoms with E-state index in [1.165, 1.54) is 0 Å². The molecule has 3 N–H and O–H groups in total. The Bertz CT molecular complexity index is 725. The summed E-state index contributed by atoms with van der Waals surface area (Å²) in [5.74, 6) is -0.937. The first-order chi connectivity index (χ1) is 12.1. The normalized spacial score (nSPS) is 18.7. The van der Waals surface area contributed by atoms with Gasteiger partial charge in [-0.1, -0.05) is 30.3 Å². The molecule has 0 saturated heterocycles. The van der Waals surface area contributed by atoms with E-state index < -0.39 is 12.1 Å². The van der Waals surface area contributed by atoms with E-state index >= 15 is 0 Å². The van der Waals surface area contributed by atoms with Crippen LogP contribution in [0.5, 0.6) is 0 Å². The molecular weight excluding hydrogens is 320 g/mol. The van der Waals surface area contributed by atoms with Crippen LogP contribution in [0.25, 0.3) is 0 Å². The van der Waals surface area contributed by atoms with Crippen molar-refractivity contribution in [3.8, 4) is 0 Å². The Morgan fingerprint density at radius 2 is 1.68 bits per heavy atom. The zero-order valence-electron chi connectivity index (χ0n) is 13.6. The molecule has 130 valence electrons. The molecule has 1 aliphatic carbocycles. The van der Waals surface area contributed by atoms with E-state index in [9.17, 15) is 9.59 Å². The Morgan fingerprint density at radius 1 is 1.00 bits per heavy atom. The van der Waals surface area contributed by atoms with Crippen LogP contribution >= 0.6 is 0 Å². The summed E-state index contributed by atoms with van der Waals surface area (Å²) in [5.41, 5.74) is 2.09. The van der Waals surface area contributed by atoms with E-state index in [0.717, 1.165) is 24.1 Å². The van der Waals surface area contributed by atoms with E-state index in [4.69, 9.17) is 9.84 Å². The van der Waals surface area contributed by atoms with Crippen molar-refractivity contribution in [2.45, 2.75) is 31.5 Å². The number of aromatic carboxylic acids is 1. The molecule has 0 atom stereocenters. The van der Waals surface area contributed by atoms with Gasteiger partial charge in [0.25, 0.3) is 0 Å². The van der Waals surface area contributed by atoms with Crippen LogP contribution in [0, 0.1) is 0 Å². The lowest BCUT2D eigenvalue weighted by molar-refractivity contribution is 0.0697. The third-order valence-electron chi connectivity index (χ3n) is 4.18. The first-order valence-electron chi connectivity index (χ1n) is 8.17. The van der Waals surface area contributed by atoms with Gasteiger partial charge in [-0.05, 0) is 42.7 Å². The fraction of sp³-hybridized carbons (Fsp3) is 0.263. The lowest BCUT2D eigenvalue weighted by Gasteiger charge is -2.36. The van der Waals surface area contributed by atoms with Gasteiger partial charge in [0.05, 0.1) is 5.56 Å². The number of ether oxygens (including phenoxy) is 1. The summed E-state index contributed by atoms with van der Waals surface area (Å²) in [6.45, 7) is 0.261. The Morgan fingerprint density at radius 3 is 2.32 bits per heavy atom. The molecule has 0 aromatic heterocycles. The summed E-state index contributed by atoms with van der Waals surface area (Å²) in [7, 11) is 0. The zero-order chi connectivity index (χ0) is 17.6. The summed E-state index contributed by atoms with van der Waals surface area (Å²) in [6.07, 6.45) is 1.21. The average molecular weight is 340 g/mol. The minimum atomic E-state index is -0.937. The van der Waals surface area contributed by atoms with Crippen molar-refractivity contribution < 1.29 is 19.4 Å². The highest BCUT2D eigenvalue weighted by Gasteiger charge is 2.30. The maximum atomic E-state index is 11.8. The highest BCUT2D eigenvalue weighted by molar-refractivity contribution is 5.88. The molecule has 1 saturated carbocycles. The summed E-state index contributed by atoms with van der Waals surface area (Å²) >= 11 is 0. The minimum Gasteiger partial charge on any atom is -0.478 e. The van der Waals surface area contributed by atoms with Crippen LogP contribution in [0.15, 0.2) is 54.6 Å². The van der Waals surface area contributed by atoms with Crippen molar-refractivity contribution in [2.75, 3.05) is 5.32 Å². The minimum absolute atomic E-state index is 0.0964. The molecule has 6 heteroatoms. The quantitative estimate of drug-likeness (QED) is 0.751. The lowest BCUT2D eigenvalue weighted by Crippen LogP contribution is -2.49. The molecule has 1 aliphatic rings. The first kappa shape index (κ1) is 16.8. The Labute approximate surface area is 145 Å². The molecule has 3 rings (SSSR count). The van der Waals surface area contributed by atoms with Crippen LogP contribution in [0.1, 0.15) is 28.8 Å². The summed E-state index contributed by atoms with van der Waals surface area (Å²) in [5, 5.41) is 15.0. The molecular formula is C19H20N2O4.